The Morgan fingerprint density at radius 3 is 2.64 bits per heavy atom. The van der Waals surface area contributed by atoms with Crippen molar-refractivity contribution in [2.24, 2.45) is 0 Å². The Labute approximate surface area is 167 Å². The number of ether oxygens (including phenoxy) is 1. The van der Waals surface area contributed by atoms with Crippen LogP contribution in [0.2, 0.25) is 0 Å². The lowest BCUT2D eigenvalue weighted by atomic mass is 10.2. The van der Waals surface area contributed by atoms with Crippen molar-refractivity contribution in [2.45, 2.75) is 25.0 Å². The first-order valence-electron chi connectivity index (χ1n) is 8.71. The van der Waals surface area contributed by atoms with Crippen LogP contribution in [0.15, 0.2) is 60.0 Å². The van der Waals surface area contributed by atoms with Gasteiger partial charge in [-0.2, -0.15) is 5.06 Å². The first-order valence-corrected chi connectivity index (χ1v) is 11.4. The lowest BCUT2D eigenvalue weighted by Crippen LogP contribution is -2.35. The van der Waals surface area contributed by atoms with Crippen molar-refractivity contribution in [3.8, 4) is 0 Å². The molecule has 0 fully saturated rings. The lowest BCUT2D eigenvalue weighted by Gasteiger charge is -2.22. The van der Waals surface area contributed by atoms with E-state index >= 15 is 0 Å². The number of thiophene rings is 1. The standard InChI is InChI=1S/C20H21NO5S2/c22-15-21(23)20(26-13-16-4-2-1-3-5-16)9-11-28(24,25)14-17-6-7-19-18(12-17)8-10-27-19/h1-8,10,12,15,20,23H,9,11,13-14H2. The minimum atomic E-state index is -3.44. The molecule has 0 radical (unpaired) electrons. The molecular weight excluding hydrogens is 398 g/mol. The van der Waals surface area contributed by atoms with Gasteiger partial charge < -0.3 is 4.74 Å². The van der Waals surface area contributed by atoms with Gasteiger partial charge in [0.2, 0.25) is 6.41 Å². The monoisotopic (exact) mass is 419 g/mol. The molecule has 1 unspecified atom stereocenters. The number of nitrogens with zero attached hydrogens (tertiary/aromatic N) is 1. The van der Waals surface area contributed by atoms with E-state index in [2.05, 4.69) is 0 Å². The number of sulfone groups is 1. The molecule has 6 nitrogen and oxygen atoms in total. The molecule has 1 amide bonds. The van der Waals surface area contributed by atoms with Gasteiger partial charge in [0.25, 0.3) is 0 Å². The van der Waals surface area contributed by atoms with Crippen molar-refractivity contribution in [1.82, 2.24) is 5.06 Å². The van der Waals surface area contributed by atoms with Crippen LogP contribution in [0.1, 0.15) is 17.5 Å². The summed E-state index contributed by atoms with van der Waals surface area (Å²) >= 11 is 1.61. The van der Waals surface area contributed by atoms with Crippen LogP contribution in [0.25, 0.3) is 10.1 Å². The molecule has 3 aromatic rings. The van der Waals surface area contributed by atoms with Gasteiger partial charge in [0.05, 0.1) is 18.1 Å². The number of amides is 1. The Morgan fingerprint density at radius 1 is 1.11 bits per heavy atom. The molecule has 2 aromatic carbocycles. The Morgan fingerprint density at radius 2 is 1.89 bits per heavy atom. The highest BCUT2D eigenvalue weighted by Gasteiger charge is 2.21. The van der Waals surface area contributed by atoms with Crippen molar-refractivity contribution in [3.63, 3.8) is 0 Å². The molecule has 3 rings (SSSR count). The summed E-state index contributed by atoms with van der Waals surface area (Å²) in [6, 6.07) is 16.8. The molecule has 0 saturated carbocycles. The summed E-state index contributed by atoms with van der Waals surface area (Å²) in [5.41, 5.74) is 1.57. The zero-order valence-electron chi connectivity index (χ0n) is 15.1. The largest absolute Gasteiger partial charge is 0.351 e. The van der Waals surface area contributed by atoms with Gasteiger partial charge in [-0.3, -0.25) is 10.0 Å². The average molecular weight is 420 g/mol. The fourth-order valence-electron chi connectivity index (χ4n) is 2.84. The number of carbonyl (C=O) groups excluding carboxylic acids is 1. The van der Waals surface area contributed by atoms with E-state index in [0.717, 1.165) is 15.6 Å². The van der Waals surface area contributed by atoms with Crippen LogP contribution in [-0.2, 0) is 31.7 Å². The smallest absolute Gasteiger partial charge is 0.235 e. The number of carbonyl (C=O) groups is 1. The molecule has 0 aliphatic rings. The molecule has 0 bridgehead atoms. The number of benzene rings is 2. The Hall–Kier alpha value is -2.26. The van der Waals surface area contributed by atoms with E-state index in [9.17, 15) is 18.4 Å². The summed E-state index contributed by atoms with van der Waals surface area (Å²) in [7, 11) is -3.44. The SMILES string of the molecule is O=CN(O)C(CCS(=O)(=O)Cc1ccc2sccc2c1)OCc1ccccc1. The summed E-state index contributed by atoms with van der Waals surface area (Å²) in [5.74, 6) is -0.310. The van der Waals surface area contributed by atoms with Crippen molar-refractivity contribution >= 4 is 37.7 Å². The summed E-state index contributed by atoms with van der Waals surface area (Å²) < 4.78 is 31.7. The van der Waals surface area contributed by atoms with Crippen LogP contribution in [0.5, 0.6) is 0 Å². The van der Waals surface area contributed by atoms with Gasteiger partial charge in [0.15, 0.2) is 16.1 Å². The quantitative estimate of drug-likeness (QED) is 0.235. The maximum atomic E-state index is 12.5. The fourth-order valence-corrected chi connectivity index (χ4v) is 5.00. The van der Waals surface area contributed by atoms with Crippen LogP contribution in [-0.4, -0.2) is 37.1 Å². The summed E-state index contributed by atoms with van der Waals surface area (Å²) in [6.45, 7) is 0.158. The second-order valence-corrected chi connectivity index (χ2v) is 9.54. The number of hydrogen-bond donors (Lipinski definition) is 1. The van der Waals surface area contributed by atoms with E-state index in [1.54, 1.807) is 11.3 Å². The van der Waals surface area contributed by atoms with Crippen molar-refractivity contribution in [3.05, 3.63) is 71.1 Å². The molecule has 1 aromatic heterocycles. The molecule has 0 aliphatic carbocycles. The third-order valence-electron chi connectivity index (χ3n) is 4.27. The van der Waals surface area contributed by atoms with Gasteiger partial charge in [0.1, 0.15) is 0 Å². The van der Waals surface area contributed by atoms with Crippen LogP contribution < -0.4 is 0 Å². The number of hydroxylamine groups is 2. The summed E-state index contributed by atoms with van der Waals surface area (Å²) in [4.78, 5) is 10.9. The van der Waals surface area contributed by atoms with Gasteiger partial charge in [-0.15, -0.1) is 11.3 Å². The van der Waals surface area contributed by atoms with E-state index in [4.69, 9.17) is 4.74 Å². The van der Waals surface area contributed by atoms with Crippen LogP contribution in [0, 0.1) is 0 Å². The second-order valence-electron chi connectivity index (χ2n) is 6.41. The first-order chi connectivity index (χ1) is 13.5. The van der Waals surface area contributed by atoms with E-state index in [-0.39, 0.29) is 30.9 Å². The van der Waals surface area contributed by atoms with Crippen LogP contribution in [0.3, 0.4) is 0 Å². The third kappa shape index (κ3) is 5.62. The topological polar surface area (TPSA) is 83.9 Å². The van der Waals surface area contributed by atoms with Crippen molar-refractivity contribution < 1.29 is 23.2 Å². The highest BCUT2D eigenvalue weighted by molar-refractivity contribution is 7.90. The first kappa shape index (κ1) is 20.5. The molecule has 148 valence electrons. The third-order valence-corrected chi connectivity index (χ3v) is 6.80. The molecule has 0 saturated heterocycles. The van der Waals surface area contributed by atoms with Gasteiger partial charge >= 0.3 is 0 Å². The lowest BCUT2D eigenvalue weighted by molar-refractivity contribution is -0.209. The highest BCUT2D eigenvalue weighted by atomic mass is 32.2. The Bertz CT molecular complexity index is 1020. The Balaban J connectivity index is 1.60. The van der Waals surface area contributed by atoms with E-state index in [1.807, 2.05) is 60.0 Å². The van der Waals surface area contributed by atoms with E-state index in [0.29, 0.717) is 10.6 Å². The fraction of sp³-hybridized carbons (Fsp3) is 0.250. The molecular formula is C20H21NO5S2. The predicted octanol–water partition coefficient (Wildman–Crippen LogP) is 3.60. The van der Waals surface area contributed by atoms with Gasteiger partial charge in [-0.1, -0.05) is 36.4 Å². The molecule has 28 heavy (non-hydrogen) atoms. The number of hydrogen-bond acceptors (Lipinski definition) is 6. The highest BCUT2D eigenvalue weighted by Crippen LogP contribution is 2.23. The van der Waals surface area contributed by atoms with Crippen molar-refractivity contribution in [2.75, 3.05) is 5.75 Å². The maximum Gasteiger partial charge on any atom is 0.235 e. The van der Waals surface area contributed by atoms with Crippen LogP contribution in [0.4, 0.5) is 0 Å². The molecule has 0 spiro atoms. The number of fused-ring (bicyclic) bond motifs is 1. The zero-order valence-corrected chi connectivity index (χ0v) is 16.7. The van der Waals surface area contributed by atoms with Gasteiger partial charge in [-0.05, 0) is 40.1 Å². The maximum absolute atomic E-state index is 12.5. The average Bonchev–Trinajstić information content (AvgIpc) is 3.15. The zero-order chi connectivity index (χ0) is 20.0. The van der Waals surface area contributed by atoms with E-state index < -0.39 is 16.1 Å². The summed E-state index contributed by atoms with van der Waals surface area (Å²) in [6.07, 6.45) is -0.843. The minimum absolute atomic E-state index is 0.0227. The molecule has 0 aliphatic heterocycles. The molecule has 8 heteroatoms. The van der Waals surface area contributed by atoms with E-state index in [1.165, 1.54) is 0 Å². The molecule has 1 heterocycles. The van der Waals surface area contributed by atoms with Gasteiger partial charge in [0, 0.05) is 11.1 Å². The van der Waals surface area contributed by atoms with Crippen LogP contribution >= 0.6 is 11.3 Å². The van der Waals surface area contributed by atoms with Crippen molar-refractivity contribution in [1.29, 1.82) is 0 Å². The summed E-state index contributed by atoms with van der Waals surface area (Å²) in [5, 5.41) is 13.1. The second kappa shape index (κ2) is 9.29. The minimum Gasteiger partial charge on any atom is -0.351 e. The number of rotatable bonds is 10. The van der Waals surface area contributed by atoms with Gasteiger partial charge in [-0.25, -0.2) is 8.42 Å². The molecule has 1 N–H and O–H groups in total. The normalized spacial score (nSPS) is 12.8. The molecule has 1 atom stereocenters. The predicted molar refractivity (Wildman–Crippen MR) is 109 cm³/mol. The Kier molecular flexibility index (Phi) is 6.79.